The first-order chi connectivity index (χ1) is 10.2. The normalized spacial score (nSPS) is 9.95. The summed E-state index contributed by atoms with van der Waals surface area (Å²) in [5.74, 6) is -0.393. The summed E-state index contributed by atoms with van der Waals surface area (Å²) in [4.78, 5) is 11.9. The van der Waals surface area contributed by atoms with Gasteiger partial charge in [0.2, 0.25) is 0 Å². The highest BCUT2D eigenvalue weighted by Gasteiger charge is 2.17. The standard InChI is InChI=1S/C15H16N4O2/c1-3-21-15(20)12-9-18-19(2)14(12)10-17-13-7-5-4-6-11(13)8-16/h4-7,9,17H,3,10H2,1-2H3. The molecule has 0 unspecified atom stereocenters. The molecule has 1 heterocycles. The van der Waals surface area contributed by atoms with Crippen LogP contribution in [-0.4, -0.2) is 22.4 Å². The zero-order valence-electron chi connectivity index (χ0n) is 12.0. The molecule has 0 radical (unpaired) electrons. The monoisotopic (exact) mass is 284 g/mol. The minimum absolute atomic E-state index is 0.317. The molecule has 0 bridgehead atoms. The molecule has 6 nitrogen and oxygen atoms in total. The summed E-state index contributed by atoms with van der Waals surface area (Å²) in [7, 11) is 1.76. The van der Waals surface area contributed by atoms with Gasteiger partial charge in [0.1, 0.15) is 11.6 Å². The Bertz CT molecular complexity index is 685. The fourth-order valence-corrected chi connectivity index (χ4v) is 1.97. The van der Waals surface area contributed by atoms with Crippen molar-refractivity contribution in [3.63, 3.8) is 0 Å². The third-order valence-corrected chi connectivity index (χ3v) is 3.05. The smallest absolute Gasteiger partial charge is 0.341 e. The second-order valence-electron chi connectivity index (χ2n) is 4.36. The number of benzene rings is 1. The van der Waals surface area contributed by atoms with E-state index in [0.717, 1.165) is 5.69 Å². The van der Waals surface area contributed by atoms with Crippen LogP contribution in [0.2, 0.25) is 0 Å². The van der Waals surface area contributed by atoms with E-state index in [-0.39, 0.29) is 0 Å². The van der Waals surface area contributed by atoms with Crippen molar-refractivity contribution in [1.82, 2.24) is 9.78 Å². The van der Waals surface area contributed by atoms with Crippen molar-refractivity contribution in [3.05, 3.63) is 47.3 Å². The predicted octanol–water partition coefficient (Wildman–Crippen LogP) is 2.08. The summed E-state index contributed by atoms with van der Waals surface area (Å²) in [6, 6.07) is 9.32. The molecule has 0 atom stereocenters. The quantitative estimate of drug-likeness (QED) is 0.850. The van der Waals surface area contributed by atoms with Crippen molar-refractivity contribution < 1.29 is 9.53 Å². The van der Waals surface area contributed by atoms with Gasteiger partial charge in [-0.1, -0.05) is 12.1 Å². The highest BCUT2D eigenvalue weighted by Crippen LogP contribution is 2.16. The summed E-state index contributed by atoms with van der Waals surface area (Å²) in [5, 5.41) is 16.3. The molecule has 6 heteroatoms. The number of rotatable bonds is 5. The number of carbonyl (C=O) groups is 1. The zero-order valence-corrected chi connectivity index (χ0v) is 12.0. The summed E-state index contributed by atoms with van der Waals surface area (Å²) < 4.78 is 6.63. The van der Waals surface area contributed by atoms with Crippen molar-refractivity contribution in [3.8, 4) is 6.07 Å². The van der Waals surface area contributed by atoms with Crippen LogP contribution in [0.5, 0.6) is 0 Å². The molecular weight excluding hydrogens is 268 g/mol. The molecule has 2 rings (SSSR count). The summed E-state index contributed by atoms with van der Waals surface area (Å²) in [5.41, 5.74) is 2.41. The predicted molar refractivity (Wildman–Crippen MR) is 77.6 cm³/mol. The second kappa shape index (κ2) is 6.57. The fourth-order valence-electron chi connectivity index (χ4n) is 1.97. The molecule has 0 aliphatic rings. The van der Waals surface area contributed by atoms with Crippen molar-refractivity contribution in [1.29, 1.82) is 5.26 Å². The summed E-state index contributed by atoms with van der Waals surface area (Å²) in [6.45, 7) is 2.45. The van der Waals surface area contributed by atoms with Gasteiger partial charge in [-0.3, -0.25) is 4.68 Å². The van der Waals surface area contributed by atoms with Crippen molar-refractivity contribution in [2.75, 3.05) is 11.9 Å². The van der Waals surface area contributed by atoms with Crippen molar-refractivity contribution >= 4 is 11.7 Å². The molecule has 0 aliphatic heterocycles. The van der Waals surface area contributed by atoms with E-state index in [1.165, 1.54) is 6.20 Å². The molecule has 0 aliphatic carbocycles. The van der Waals surface area contributed by atoms with Crippen LogP contribution in [0.4, 0.5) is 5.69 Å². The van der Waals surface area contributed by atoms with Gasteiger partial charge in [-0.15, -0.1) is 0 Å². The molecule has 1 aromatic carbocycles. The molecular formula is C15H16N4O2. The number of aromatic nitrogens is 2. The molecule has 108 valence electrons. The van der Waals surface area contributed by atoms with Gasteiger partial charge >= 0.3 is 5.97 Å². The largest absolute Gasteiger partial charge is 0.462 e. The van der Waals surface area contributed by atoms with E-state index < -0.39 is 5.97 Å². The topological polar surface area (TPSA) is 79.9 Å². The summed E-state index contributed by atoms with van der Waals surface area (Å²) in [6.07, 6.45) is 1.49. The number of nitriles is 1. The van der Waals surface area contributed by atoms with Gasteiger partial charge in [0, 0.05) is 7.05 Å². The van der Waals surface area contributed by atoms with Crippen LogP contribution in [0.25, 0.3) is 0 Å². The van der Waals surface area contributed by atoms with Crippen LogP contribution >= 0.6 is 0 Å². The van der Waals surface area contributed by atoms with Gasteiger partial charge in [-0.05, 0) is 19.1 Å². The van der Waals surface area contributed by atoms with E-state index in [0.29, 0.717) is 30.0 Å². The number of hydrogen-bond acceptors (Lipinski definition) is 5. The number of esters is 1. The average Bonchev–Trinajstić information content (AvgIpc) is 2.86. The van der Waals surface area contributed by atoms with E-state index in [1.807, 2.05) is 12.1 Å². The molecule has 0 saturated carbocycles. The van der Waals surface area contributed by atoms with Crippen LogP contribution in [0.3, 0.4) is 0 Å². The Morgan fingerprint density at radius 2 is 2.24 bits per heavy atom. The molecule has 1 aromatic heterocycles. The van der Waals surface area contributed by atoms with Gasteiger partial charge < -0.3 is 10.1 Å². The summed E-state index contributed by atoms with van der Waals surface area (Å²) >= 11 is 0. The first-order valence-corrected chi connectivity index (χ1v) is 6.58. The first-order valence-electron chi connectivity index (χ1n) is 6.58. The lowest BCUT2D eigenvalue weighted by molar-refractivity contribution is 0.0525. The maximum atomic E-state index is 11.9. The first kappa shape index (κ1) is 14.6. The van der Waals surface area contributed by atoms with E-state index in [4.69, 9.17) is 10.00 Å². The van der Waals surface area contributed by atoms with Gasteiger partial charge in [0.25, 0.3) is 0 Å². The SMILES string of the molecule is CCOC(=O)c1cnn(C)c1CNc1ccccc1C#N. The number of ether oxygens (including phenoxy) is 1. The lowest BCUT2D eigenvalue weighted by Gasteiger charge is -2.10. The molecule has 0 saturated heterocycles. The molecule has 2 aromatic rings. The lowest BCUT2D eigenvalue weighted by Crippen LogP contribution is -2.12. The average molecular weight is 284 g/mol. The highest BCUT2D eigenvalue weighted by molar-refractivity contribution is 5.90. The van der Waals surface area contributed by atoms with E-state index in [9.17, 15) is 4.79 Å². The molecule has 21 heavy (non-hydrogen) atoms. The highest BCUT2D eigenvalue weighted by atomic mass is 16.5. The maximum Gasteiger partial charge on any atom is 0.341 e. The van der Waals surface area contributed by atoms with Crippen LogP contribution in [0.15, 0.2) is 30.5 Å². The Hall–Kier alpha value is -2.81. The Morgan fingerprint density at radius 3 is 2.95 bits per heavy atom. The van der Waals surface area contributed by atoms with Crippen molar-refractivity contribution in [2.45, 2.75) is 13.5 Å². The van der Waals surface area contributed by atoms with Crippen LogP contribution in [-0.2, 0) is 18.3 Å². The minimum atomic E-state index is -0.393. The van der Waals surface area contributed by atoms with Crippen LogP contribution in [0.1, 0.15) is 28.5 Å². The Kier molecular flexibility index (Phi) is 4.57. The van der Waals surface area contributed by atoms with Crippen LogP contribution in [0, 0.1) is 11.3 Å². The third kappa shape index (κ3) is 3.20. The number of para-hydroxylation sites is 1. The minimum Gasteiger partial charge on any atom is -0.462 e. The van der Waals surface area contributed by atoms with Crippen molar-refractivity contribution in [2.24, 2.45) is 7.05 Å². The maximum absolute atomic E-state index is 11.9. The zero-order chi connectivity index (χ0) is 15.2. The number of nitrogens with one attached hydrogen (secondary N) is 1. The molecule has 1 N–H and O–H groups in total. The van der Waals surface area contributed by atoms with Crippen LogP contribution < -0.4 is 5.32 Å². The number of hydrogen-bond donors (Lipinski definition) is 1. The Labute approximate surface area is 123 Å². The number of carbonyl (C=O) groups excluding carboxylic acids is 1. The van der Waals surface area contributed by atoms with Gasteiger partial charge in [0.15, 0.2) is 0 Å². The fraction of sp³-hybridized carbons (Fsp3) is 0.267. The second-order valence-corrected chi connectivity index (χ2v) is 4.36. The van der Waals surface area contributed by atoms with E-state index >= 15 is 0 Å². The lowest BCUT2D eigenvalue weighted by atomic mass is 10.2. The number of aryl methyl sites for hydroxylation is 1. The number of anilines is 1. The van der Waals surface area contributed by atoms with Gasteiger partial charge in [-0.25, -0.2) is 4.79 Å². The number of nitrogens with zero attached hydrogens (tertiary/aromatic N) is 3. The van der Waals surface area contributed by atoms with Gasteiger partial charge in [0.05, 0.1) is 36.3 Å². The van der Waals surface area contributed by atoms with Gasteiger partial charge in [-0.2, -0.15) is 10.4 Å². The Morgan fingerprint density at radius 1 is 1.48 bits per heavy atom. The molecule has 0 amide bonds. The third-order valence-electron chi connectivity index (χ3n) is 3.05. The molecule has 0 fully saturated rings. The van der Waals surface area contributed by atoms with E-state index in [1.54, 1.807) is 30.8 Å². The van der Waals surface area contributed by atoms with E-state index in [2.05, 4.69) is 16.5 Å². The Balaban J connectivity index is 2.19. The molecule has 0 spiro atoms.